The quantitative estimate of drug-likeness (QED) is 0.0261. The number of allylic oxidation sites excluding steroid dienone is 14. The van der Waals surface area contributed by atoms with Crippen molar-refractivity contribution in [1.82, 2.24) is 0 Å². The first kappa shape index (κ1) is 68.6. The van der Waals surface area contributed by atoms with Crippen LogP contribution in [0.2, 0.25) is 0 Å². The number of carbonyl (C=O) groups is 3. The summed E-state index contributed by atoms with van der Waals surface area (Å²) < 4.78 is 16.9. The number of carbonyl (C=O) groups excluding carboxylic acids is 3. The van der Waals surface area contributed by atoms with Crippen LogP contribution < -0.4 is 0 Å². The second kappa shape index (κ2) is 60.1. The molecule has 414 valence electrons. The first-order chi connectivity index (χ1) is 35.5. The fourth-order valence-electron chi connectivity index (χ4n) is 8.56. The van der Waals surface area contributed by atoms with Crippen LogP contribution in [0, 0.1) is 0 Å². The van der Waals surface area contributed by atoms with Gasteiger partial charge in [-0.2, -0.15) is 0 Å². The van der Waals surface area contributed by atoms with E-state index in [-0.39, 0.29) is 31.1 Å². The van der Waals surface area contributed by atoms with Gasteiger partial charge in [-0.05, 0) is 96.3 Å². The average molecular weight is 1000 g/mol. The molecule has 0 bridgehead atoms. The van der Waals surface area contributed by atoms with Crippen molar-refractivity contribution in [3.05, 3.63) is 85.1 Å². The molecule has 0 heterocycles. The van der Waals surface area contributed by atoms with Gasteiger partial charge in [-0.25, -0.2) is 0 Å². The summed E-state index contributed by atoms with van der Waals surface area (Å²) in [5.74, 6) is -0.887. The van der Waals surface area contributed by atoms with Crippen LogP contribution >= 0.6 is 0 Å². The SMILES string of the molecule is CC/C=C\C/C=C\C/C=C\C/C=C\C/C=C\C/C=C\CCCCCCCCCCC(=O)OCC(COC(=O)CCCCCCC/C=C\CCCCC)OC(=O)CCCCCCCCCCCCCCCCC. The molecule has 0 aliphatic heterocycles. The first-order valence-electron chi connectivity index (χ1n) is 30.6. The van der Waals surface area contributed by atoms with E-state index in [2.05, 4.69) is 106 Å². The summed E-state index contributed by atoms with van der Waals surface area (Å²) in [6.07, 6.45) is 78.7. The Morgan fingerprint density at radius 2 is 0.542 bits per heavy atom. The molecule has 72 heavy (non-hydrogen) atoms. The third-order valence-electron chi connectivity index (χ3n) is 13.1. The lowest BCUT2D eigenvalue weighted by molar-refractivity contribution is -0.167. The fraction of sp³-hybridized carbons (Fsp3) is 0.742. The number of rotatable bonds is 55. The van der Waals surface area contributed by atoms with Crippen LogP contribution in [0.25, 0.3) is 0 Å². The average Bonchev–Trinajstić information content (AvgIpc) is 3.38. The van der Waals surface area contributed by atoms with Crippen molar-refractivity contribution in [2.24, 2.45) is 0 Å². The molecule has 0 N–H and O–H groups in total. The number of hydrogen-bond acceptors (Lipinski definition) is 6. The molecular weight excluding hydrogens is 889 g/mol. The maximum absolute atomic E-state index is 12.9. The van der Waals surface area contributed by atoms with Gasteiger partial charge in [0.25, 0.3) is 0 Å². The molecule has 0 aliphatic carbocycles. The van der Waals surface area contributed by atoms with Gasteiger partial charge in [-0.3, -0.25) is 14.4 Å². The van der Waals surface area contributed by atoms with E-state index in [0.717, 1.165) is 109 Å². The lowest BCUT2D eigenvalue weighted by atomic mass is 10.0. The van der Waals surface area contributed by atoms with Crippen LogP contribution in [-0.4, -0.2) is 37.2 Å². The predicted octanol–water partition coefficient (Wildman–Crippen LogP) is 20.7. The van der Waals surface area contributed by atoms with Crippen LogP contribution in [0.5, 0.6) is 0 Å². The van der Waals surface area contributed by atoms with Crippen molar-refractivity contribution in [3.8, 4) is 0 Å². The number of hydrogen-bond donors (Lipinski definition) is 0. The normalized spacial score (nSPS) is 12.7. The van der Waals surface area contributed by atoms with E-state index < -0.39 is 6.10 Å². The summed E-state index contributed by atoms with van der Waals surface area (Å²) in [5, 5.41) is 0. The zero-order valence-electron chi connectivity index (χ0n) is 47.4. The summed E-state index contributed by atoms with van der Waals surface area (Å²) in [4.78, 5) is 38.2. The van der Waals surface area contributed by atoms with Gasteiger partial charge < -0.3 is 14.2 Å². The second-order valence-corrected chi connectivity index (χ2v) is 20.2. The van der Waals surface area contributed by atoms with Crippen molar-refractivity contribution in [1.29, 1.82) is 0 Å². The number of unbranched alkanes of at least 4 members (excludes halogenated alkanes) is 30. The molecular formula is C66H114O6. The number of esters is 3. The first-order valence-corrected chi connectivity index (χ1v) is 30.6. The molecule has 0 radical (unpaired) electrons. The van der Waals surface area contributed by atoms with Gasteiger partial charge in [0.05, 0.1) is 0 Å². The Morgan fingerprint density at radius 1 is 0.292 bits per heavy atom. The zero-order valence-corrected chi connectivity index (χ0v) is 47.4. The largest absolute Gasteiger partial charge is 0.462 e. The topological polar surface area (TPSA) is 78.9 Å². The molecule has 1 atom stereocenters. The van der Waals surface area contributed by atoms with Gasteiger partial charge in [0.15, 0.2) is 6.10 Å². The van der Waals surface area contributed by atoms with Crippen LogP contribution in [0.1, 0.15) is 297 Å². The molecule has 0 aromatic carbocycles. The van der Waals surface area contributed by atoms with E-state index in [4.69, 9.17) is 14.2 Å². The molecule has 6 nitrogen and oxygen atoms in total. The molecule has 0 spiro atoms. The third-order valence-corrected chi connectivity index (χ3v) is 13.1. The minimum Gasteiger partial charge on any atom is -0.462 e. The Balaban J connectivity index is 4.29. The molecule has 1 unspecified atom stereocenters. The van der Waals surface area contributed by atoms with Crippen molar-refractivity contribution in [3.63, 3.8) is 0 Å². The van der Waals surface area contributed by atoms with Gasteiger partial charge in [-0.15, -0.1) is 0 Å². The van der Waals surface area contributed by atoms with E-state index in [0.29, 0.717) is 19.3 Å². The maximum atomic E-state index is 12.9. The standard InChI is InChI=1S/C66H114O6/c1-4-7-10-13-16-19-22-25-27-28-29-30-31-32-33-34-35-36-37-38-40-41-44-47-50-53-56-59-65(68)71-62-63(61-70-64(67)58-55-52-49-46-43-24-21-18-15-12-9-6-3)72-66(69)60-57-54-51-48-45-42-39-26-23-20-17-14-11-8-5-2/h7,10,16,18-19,21,25,27,29-30,32-33,35-36,63H,4-6,8-9,11-15,17,20,22-24,26,28,31,34,37-62H2,1-3H3/b10-7-,19-16-,21-18-,27-25-,30-29-,33-32-,36-35-. The predicted molar refractivity (Wildman–Crippen MR) is 311 cm³/mol. The maximum Gasteiger partial charge on any atom is 0.306 e. The minimum atomic E-state index is -0.781. The monoisotopic (exact) mass is 1000 g/mol. The molecule has 0 saturated carbocycles. The van der Waals surface area contributed by atoms with E-state index >= 15 is 0 Å². The van der Waals surface area contributed by atoms with Crippen molar-refractivity contribution in [2.45, 2.75) is 303 Å². The Hall–Kier alpha value is -3.41. The molecule has 0 aromatic rings. The summed E-state index contributed by atoms with van der Waals surface area (Å²) >= 11 is 0. The Bertz CT molecular complexity index is 1380. The molecule has 0 fully saturated rings. The van der Waals surface area contributed by atoms with Crippen molar-refractivity contribution >= 4 is 17.9 Å². The molecule has 0 saturated heterocycles. The van der Waals surface area contributed by atoms with Crippen LogP contribution in [-0.2, 0) is 28.6 Å². The van der Waals surface area contributed by atoms with Gasteiger partial charge >= 0.3 is 17.9 Å². The smallest absolute Gasteiger partial charge is 0.306 e. The fourth-order valence-corrected chi connectivity index (χ4v) is 8.56. The highest BCUT2D eigenvalue weighted by atomic mass is 16.6. The highest BCUT2D eigenvalue weighted by Crippen LogP contribution is 2.16. The number of ether oxygens (including phenoxy) is 3. The van der Waals surface area contributed by atoms with E-state index in [1.165, 1.54) is 148 Å². The van der Waals surface area contributed by atoms with Crippen LogP contribution in [0.3, 0.4) is 0 Å². The van der Waals surface area contributed by atoms with Crippen molar-refractivity contribution < 1.29 is 28.6 Å². The summed E-state index contributed by atoms with van der Waals surface area (Å²) in [6, 6.07) is 0. The highest BCUT2D eigenvalue weighted by molar-refractivity contribution is 5.71. The highest BCUT2D eigenvalue weighted by Gasteiger charge is 2.19. The van der Waals surface area contributed by atoms with Crippen molar-refractivity contribution in [2.75, 3.05) is 13.2 Å². The second-order valence-electron chi connectivity index (χ2n) is 20.2. The lowest BCUT2D eigenvalue weighted by Crippen LogP contribution is -2.30. The van der Waals surface area contributed by atoms with Crippen LogP contribution in [0.15, 0.2) is 85.1 Å². The summed E-state index contributed by atoms with van der Waals surface area (Å²) in [5.41, 5.74) is 0. The minimum absolute atomic E-state index is 0.0807. The summed E-state index contributed by atoms with van der Waals surface area (Å²) in [6.45, 7) is 6.51. The molecule has 0 aliphatic rings. The van der Waals surface area contributed by atoms with E-state index in [9.17, 15) is 14.4 Å². The van der Waals surface area contributed by atoms with Gasteiger partial charge in [0, 0.05) is 19.3 Å². The van der Waals surface area contributed by atoms with Crippen LogP contribution in [0.4, 0.5) is 0 Å². The van der Waals surface area contributed by atoms with Gasteiger partial charge in [0.2, 0.25) is 0 Å². The lowest BCUT2D eigenvalue weighted by Gasteiger charge is -2.18. The molecule has 0 aromatic heterocycles. The Morgan fingerprint density at radius 3 is 0.889 bits per heavy atom. The van der Waals surface area contributed by atoms with Gasteiger partial charge in [-0.1, -0.05) is 266 Å². The third kappa shape index (κ3) is 57.5. The Kier molecular flexibility index (Phi) is 57.3. The zero-order chi connectivity index (χ0) is 52.2. The molecule has 6 heteroatoms. The summed E-state index contributed by atoms with van der Waals surface area (Å²) in [7, 11) is 0. The molecule has 0 amide bonds. The Labute approximate surface area is 445 Å². The van der Waals surface area contributed by atoms with Gasteiger partial charge in [0.1, 0.15) is 13.2 Å². The van der Waals surface area contributed by atoms with E-state index in [1.54, 1.807) is 0 Å². The molecule has 0 rings (SSSR count). The van der Waals surface area contributed by atoms with E-state index in [1.807, 2.05) is 0 Å².